The van der Waals surface area contributed by atoms with Gasteiger partial charge in [0, 0.05) is 78.3 Å². The Balaban J connectivity index is 0.826. The van der Waals surface area contributed by atoms with Gasteiger partial charge in [-0.1, -0.05) is 236 Å². The van der Waals surface area contributed by atoms with E-state index in [9.17, 15) is 0 Å². The molecule has 12 aromatic carbocycles. The monoisotopic (exact) mass is 1240 g/mol. The Hall–Kier alpha value is -11.9. The summed E-state index contributed by atoms with van der Waals surface area (Å²) in [4.78, 5) is 37.0. The molecule has 458 valence electrons. The summed E-state index contributed by atoms with van der Waals surface area (Å²) in [5.74, 6) is 3.27. The van der Waals surface area contributed by atoms with Crippen LogP contribution in [0.4, 0.5) is 34.1 Å². The maximum absolute atomic E-state index is 5.61. The van der Waals surface area contributed by atoms with Crippen LogP contribution in [0.1, 0.15) is 52.7 Å². The van der Waals surface area contributed by atoms with E-state index in [1.807, 2.05) is 78.9 Å². The van der Waals surface area contributed by atoms with Gasteiger partial charge in [-0.2, -0.15) is 0 Å². The highest BCUT2D eigenvalue weighted by Gasteiger charge is 2.43. The number of hydrogen-bond acceptors (Lipinski definition) is 8. The van der Waals surface area contributed by atoms with Crippen molar-refractivity contribution < 1.29 is 0 Å². The summed E-state index contributed by atoms with van der Waals surface area (Å²) < 4.78 is 2.39. The Morgan fingerprint density at radius 1 is 0.271 bits per heavy atom. The van der Waals surface area contributed by atoms with Crippen molar-refractivity contribution in [2.24, 2.45) is 0 Å². The van der Waals surface area contributed by atoms with Crippen LogP contribution in [0.2, 0.25) is 0 Å². The number of benzene rings is 12. The molecule has 0 aliphatic carbocycles. The summed E-state index contributed by atoms with van der Waals surface area (Å²) in [7, 11) is 0. The smallest absolute Gasteiger partial charge is 0.252 e. The molecule has 2 aliphatic rings. The first-order chi connectivity index (χ1) is 46.9. The van der Waals surface area contributed by atoms with Gasteiger partial charge < -0.3 is 14.4 Å². The predicted molar refractivity (Wildman–Crippen MR) is 397 cm³/mol. The molecule has 0 amide bonds. The molecule has 96 heavy (non-hydrogen) atoms. The molecule has 0 bridgehead atoms. The van der Waals surface area contributed by atoms with Gasteiger partial charge in [0.05, 0.1) is 16.7 Å². The van der Waals surface area contributed by atoms with Crippen LogP contribution in [-0.2, 0) is 10.8 Å². The van der Waals surface area contributed by atoms with Crippen molar-refractivity contribution in [1.29, 1.82) is 0 Å². The number of aromatic nitrogens is 7. The quantitative estimate of drug-likeness (QED) is 0.125. The Morgan fingerprint density at radius 2 is 0.646 bits per heavy atom. The zero-order valence-corrected chi connectivity index (χ0v) is 54.3. The topological polar surface area (TPSA) is 88.7 Å². The third kappa shape index (κ3) is 10.1. The van der Waals surface area contributed by atoms with Gasteiger partial charge >= 0.3 is 0 Å². The SMILES string of the molecule is CC(C)(C)c1ccc2c(c1)c1cc(C(C)(C)C)ccc1n2-c1ccc(-c2nc(-c3ccccc3)nc(-c3ccccc3)n2)cc1-c1nc(-c2ccccc2)nc(-c2cccc(-c3ccc(N4c5ccccc5B5c6ccccc6N(c6ccccc6)c6cccc4c65)cc3)c2)n1. The largest absolute Gasteiger partial charge is 0.311 e. The van der Waals surface area contributed by atoms with Crippen LogP contribution in [0.5, 0.6) is 0 Å². The Labute approximate surface area is 559 Å². The average Bonchev–Trinajstić information content (AvgIpc) is 0.846. The molecule has 9 nitrogen and oxygen atoms in total. The molecular weight excluding hydrogens is 1170 g/mol. The lowest BCUT2D eigenvalue weighted by Gasteiger charge is -2.44. The van der Waals surface area contributed by atoms with Gasteiger partial charge in [-0.15, -0.1) is 0 Å². The first-order valence-corrected chi connectivity index (χ1v) is 33.0. The second-order valence-corrected chi connectivity index (χ2v) is 27.1. The molecular formula is C86H66BN9. The van der Waals surface area contributed by atoms with Gasteiger partial charge in [0.15, 0.2) is 34.9 Å². The number of rotatable bonds is 10. The van der Waals surface area contributed by atoms with Crippen LogP contribution in [0.25, 0.3) is 107 Å². The molecule has 2 aliphatic heterocycles. The van der Waals surface area contributed by atoms with Crippen molar-refractivity contribution in [2.75, 3.05) is 9.80 Å². The second-order valence-electron chi connectivity index (χ2n) is 27.1. The van der Waals surface area contributed by atoms with Gasteiger partial charge in [-0.3, -0.25) is 0 Å². The lowest BCUT2D eigenvalue weighted by Crippen LogP contribution is -2.61. The molecule has 10 heteroatoms. The highest BCUT2D eigenvalue weighted by Crippen LogP contribution is 2.46. The van der Waals surface area contributed by atoms with Crippen LogP contribution >= 0.6 is 0 Å². The maximum Gasteiger partial charge on any atom is 0.252 e. The summed E-state index contributed by atoms with van der Waals surface area (Å²) in [6.45, 7) is 13.8. The van der Waals surface area contributed by atoms with E-state index in [0.717, 1.165) is 72.6 Å². The maximum atomic E-state index is 5.61. The molecule has 0 atom stereocenters. The van der Waals surface area contributed by atoms with Gasteiger partial charge in [-0.25, -0.2) is 29.9 Å². The van der Waals surface area contributed by atoms with Crippen LogP contribution in [-0.4, -0.2) is 41.2 Å². The van der Waals surface area contributed by atoms with Gasteiger partial charge in [0.25, 0.3) is 6.71 Å². The molecule has 0 spiro atoms. The minimum Gasteiger partial charge on any atom is -0.311 e. The third-order valence-corrected chi connectivity index (χ3v) is 19.0. The number of anilines is 6. The summed E-state index contributed by atoms with van der Waals surface area (Å²) >= 11 is 0. The molecule has 17 rings (SSSR count). The van der Waals surface area contributed by atoms with Gasteiger partial charge in [-0.05, 0) is 147 Å². The highest BCUT2D eigenvalue weighted by atomic mass is 15.2. The molecule has 0 saturated carbocycles. The van der Waals surface area contributed by atoms with Crippen molar-refractivity contribution in [3.63, 3.8) is 0 Å². The van der Waals surface area contributed by atoms with Crippen LogP contribution < -0.4 is 26.2 Å². The first kappa shape index (κ1) is 58.0. The third-order valence-electron chi connectivity index (χ3n) is 19.0. The number of nitrogens with zero attached hydrogens (tertiary/aromatic N) is 9. The molecule has 3 aromatic heterocycles. The van der Waals surface area contributed by atoms with Gasteiger partial charge in [0.2, 0.25) is 0 Å². The van der Waals surface area contributed by atoms with Gasteiger partial charge in [0.1, 0.15) is 0 Å². The van der Waals surface area contributed by atoms with Crippen molar-refractivity contribution in [1.82, 2.24) is 34.5 Å². The van der Waals surface area contributed by atoms with E-state index in [-0.39, 0.29) is 17.5 Å². The van der Waals surface area contributed by atoms with E-state index < -0.39 is 0 Å². The first-order valence-electron chi connectivity index (χ1n) is 33.0. The molecule has 0 radical (unpaired) electrons. The Morgan fingerprint density at radius 3 is 1.14 bits per heavy atom. The molecule has 5 heterocycles. The van der Waals surface area contributed by atoms with E-state index in [4.69, 9.17) is 29.9 Å². The minimum absolute atomic E-state index is 0.0601. The molecule has 0 N–H and O–H groups in total. The van der Waals surface area contributed by atoms with Crippen molar-refractivity contribution in [3.8, 4) is 85.1 Å². The zero-order valence-electron chi connectivity index (χ0n) is 54.3. The predicted octanol–water partition coefficient (Wildman–Crippen LogP) is 19.5. The second kappa shape index (κ2) is 23.0. The Kier molecular flexibility index (Phi) is 13.9. The standard InChI is InChI=1S/C86H66BN9/c1-85(2,3)62-44-49-71-66(53-62)67-54-63(86(4,5)6)45-50-72(67)96(71)73-48-43-61(83-89-79(56-25-11-7-12-26-56)88-80(90-83)57-27-13-8-14-28-57)52-68(73)84-92-81(58-29-15-9-16-30-58)91-82(93-84)60-32-23-31-59(51-60)55-41-46-65(47-42-55)95-75-38-22-20-36-70(75)87-69-35-19-21-37-74(69)94(64-33-17-10-18-34-64)76-39-24-40-77(95)78(76)87/h7-54H,1-6H3. The fraction of sp³-hybridized carbons (Fsp3) is 0.0930. The van der Waals surface area contributed by atoms with Crippen LogP contribution in [0.15, 0.2) is 291 Å². The number of fused-ring (bicyclic) bond motifs is 7. The average molecular weight is 1240 g/mol. The molecule has 0 unspecified atom stereocenters. The number of para-hydroxylation sites is 3. The van der Waals surface area contributed by atoms with Crippen molar-refractivity contribution in [2.45, 2.75) is 52.4 Å². The van der Waals surface area contributed by atoms with E-state index in [1.165, 1.54) is 61.0 Å². The zero-order chi connectivity index (χ0) is 64.8. The van der Waals surface area contributed by atoms with Crippen molar-refractivity contribution in [3.05, 3.63) is 302 Å². The summed E-state index contributed by atoms with van der Waals surface area (Å²) in [6.07, 6.45) is 0. The lowest BCUT2D eigenvalue weighted by molar-refractivity contribution is 0.590. The summed E-state index contributed by atoms with van der Waals surface area (Å²) in [5, 5.41) is 2.36. The fourth-order valence-corrected chi connectivity index (χ4v) is 14.2. The van der Waals surface area contributed by atoms with E-state index >= 15 is 0 Å². The fourth-order valence-electron chi connectivity index (χ4n) is 14.2. The summed E-state index contributed by atoms with van der Waals surface area (Å²) in [5.41, 5.74) is 23.4. The van der Waals surface area contributed by atoms with Crippen LogP contribution in [0.3, 0.4) is 0 Å². The van der Waals surface area contributed by atoms with E-state index in [2.05, 4.69) is 268 Å². The normalized spacial score (nSPS) is 12.6. The molecule has 0 saturated heterocycles. The number of hydrogen-bond donors (Lipinski definition) is 0. The minimum atomic E-state index is -0.0809. The molecule has 15 aromatic rings. The van der Waals surface area contributed by atoms with Crippen LogP contribution in [0, 0.1) is 0 Å². The molecule has 0 fully saturated rings. The lowest BCUT2D eigenvalue weighted by atomic mass is 9.33. The summed E-state index contributed by atoms with van der Waals surface area (Å²) in [6, 6.07) is 104. The van der Waals surface area contributed by atoms with E-state index in [0.29, 0.717) is 34.9 Å². The Bertz CT molecular complexity index is 5380. The van der Waals surface area contributed by atoms with Crippen molar-refractivity contribution >= 4 is 79.0 Å². The highest BCUT2D eigenvalue weighted by molar-refractivity contribution is 7.00. The van der Waals surface area contributed by atoms with E-state index in [1.54, 1.807) is 0 Å².